The van der Waals surface area contributed by atoms with E-state index in [9.17, 15) is 9.90 Å². The fraction of sp³-hybridized carbons (Fsp3) is 0.625. The minimum Gasteiger partial charge on any atom is -0.508 e. The Bertz CT molecular complexity index is 549. The molecule has 0 fully saturated rings. The summed E-state index contributed by atoms with van der Waals surface area (Å²) in [5, 5.41) is 9.64. The summed E-state index contributed by atoms with van der Waals surface area (Å²) in [6.07, 6.45) is 20.7. The van der Waals surface area contributed by atoms with Crippen LogP contribution in [0.4, 0.5) is 0 Å². The van der Waals surface area contributed by atoms with Gasteiger partial charge in [-0.15, -0.1) is 0 Å². The standard InChI is InChI=1S/C24H38O3/c1-3-4-5-6-7-8-9-10-11-12-13-14-15-16-17-22-20-23(26)18-19-24(22)27-21(2)25/h7-8,18-20,26H,3-6,9-17H2,1-2H3/b8-7-. The second kappa shape index (κ2) is 15.3. The Morgan fingerprint density at radius 2 is 1.52 bits per heavy atom. The van der Waals surface area contributed by atoms with Crippen molar-refractivity contribution in [3.8, 4) is 11.5 Å². The molecule has 0 radical (unpaired) electrons. The summed E-state index contributed by atoms with van der Waals surface area (Å²) < 4.78 is 5.21. The lowest BCUT2D eigenvalue weighted by molar-refractivity contribution is -0.131. The molecule has 0 unspecified atom stereocenters. The number of hydrogen-bond donors (Lipinski definition) is 1. The zero-order chi connectivity index (χ0) is 19.7. The van der Waals surface area contributed by atoms with Crippen LogP contribution < -0.4 is 4.74 Å². The topological polar surface area (TPSA) is 46.5 Å². The molecule has 1 aromatic rings. The number of phenolic OH excluding ortho intramolecular Hbond substituents is 1. The second-order valence-electron chi connectivity index (χ2n) is 7.37. The molecule has 0 saturated carbocycles. The molecule has 152 valence electrons. The van der Waals surface area contributed by atoms with Crippen molar-refractivity contribution < 1.29 is 14.6 Å². The Kier molecular flexibility index (Phi) is 13.2. The Balaban J connectivity index is 2.05. The van der Waals surface area contributed by atoms with Crippen molar-refractivity contribution in [3.63, 3.8) is 0 Å². The summed E-state index contributed by atoms with van der Waals surface area (Å²) in [4.78, 5) is 11.2. The highest BCUT2D eigenvalue weighted by atomic mass is 16.5. The second-order valence-corrected chi connectivity index (χ2v) is 7.37. The lowest BCUT2D eigenvalue weighted by Crippen LogP contribution is -2.04. The third-order valence-corrected chi connectivity index (χ3v) is 4.76. The minimum absolute atomic E-state index is 0.223. The summed E-state index contributed by atoms with van der Waals surface area (Å²) in [6, 6.07) is 4.93. The maximum Gasteiger partial charge on any atom is 0.308 e. The van der Waals surface area contributed by atoms with Crippen LogP contribution in [0.1, 0.15) is 96.5 Å². The average Bonchev–Trinajstić information content (AvgIpc) is 2.63. The molecule has 27 heavy (non-hydrogen) atoms. The van der Waals surface area contributed by atoms with Gasteiger partial charge in [0.25, 0.3) is 0 Å². The van der Waals surface area contributed by atoms with Gasteiger partial charge in [-0.05, 0) is 62.3 Å². The average molecular weight is 375 g/mol. The predicted molar refractivity (Wildman–Crippen MR) is 113 cm³/mol. The van der Waals surface area contributed by atoms with Gasteiger partial charge in [0.15, 0.2) is 0 Å². The third-order valence-electron chi connectivity index (χ3n) is 4.76. The van der Waals surface area contributed by atoms with E-state index in [0.717, 1.165) is 18.4 Å². The number of esters is 1. The van der Waals surface area contributed by atoms with Crippen molar-refractivity contribution in [2.45, 2.75) is 97.3 Å². The van der Waals surface area contributed by atoms with Crippen LogP contribution in [0.2, 0.25) is 0 Å². The zero-order valence-electron chi connectivity index (χ0n) is 17.3. The number of carbonyl (C=O) groups is 1. The van der Waals surface area contributed by atoms with Crippen LogP contribution in [0.3, 0.4) is 0 Å². The van der Waals surface area contributed by atoms with Gasteiger partial charge in [-0.1, -0.05) is 64.0 Å². The molecule has 0 aliphatic rings. The number of hydrogen-bond acceptors (Lipinski definition) is 3. The molecule has 3 nitrogen and oxygen atoms in total. The van der Waals surface area contributed by atoms with Gasteiger partial charge in [-0.25, -0.2) is 0 Å². The first kappa shape index (κ1) is 23.3. The van der Waals surface area contributed by atoms with E-state index in [1.807, 2.05) is 0 Å². The zero-order valence-corrected chi connectivity index (χ0v) is 17.3. The van der Waals surface area contributed by atoms with Crippen molar-refractivity contribution in [1.82, 2.24) is 0 Å². The normalized spacial score (nSPS) is 11.2. The maximum atomic E-state index is 11.2. The number of aryl methyl sites for hydroxylation is 1. The van der Waals surface area contributed by atoms with E-state index in [2.05, 4.69) is 19.1 Å². The van der Waals surface area contributed by atoms with Gasteiger partial charge in [0.1, 0.15) is 11.5 Å². The first-order valence-electron chi connectivity index (χ1n) is 10.8. The van der Waals surface area contributed by atoms with E-state index in [1.165, 1.54) is 77.6 Å². The van der Waals surface area contributed by atoms with Gasteiger partial charge in [-0.3, -0.25) is 4.79 Å². The van der Waals surface area contributed by atoms with Crippen molar-refractivity contribution >= 4 is 5.97 Å². The molecule has 0 atom stereocenters. The highest BCUT2D eigenvalue weighted by molar-refractivity contribution is 5.70. The summed E-state index contributed by atoms with van der Waals surface area (Å²) in [7, 11) is 0. The van der Waals surface area contributed by atoms with Crippen LogP contribution >= 0.6 is 0 Å². The highest BCUT2D eigenvalue weighted by Crippen LogP contribution is 2.25. The molecule has 0 amide bonds. The van der Waals surface area contributed by atoms with Crippen LogP contribution in [-0.2, 0) is 11.2 Å². The van der Waals surface area contributed by atoms with Crippen molar-refractivity contribution in [3.05, 3.63) is 35.9 Å². The van der Waals surface area contributed by atoms with Crippen LogP contribution in [-0.4, -0.2) is 11.1 Å². The van der Waals surface area contributed by atoms with Crippen molar-refractivity contribution in [2.75, 3.05) is 0 Å². The van der Waals surface area contributed by atoms with Gasteiger partial charge < -0.3 is 9.84 Å². The van der Waals surface area contributed by atoms with E-state index in [-0.39, 0.29) is 11.7 Å². The van der Waals surface area contributed by atoms with E-state index in [0.29, 0.717) is 5.75 Å². The van der Waals surface area contributed by atoms with E-state index in [1.54, 1.807) is 18.2 Å². The molecular weight excluding hydrogens is 336 g/mol. The number of ether oxygens (including phenoxy) is 1. The maximum absolute atomic E-state index is 11.2. The van der Waals surface area contributed by atoms with Gasteiger partial charge in [0, 0.05) is 6.92 Å². The van der Waals surface area contributed by atoms with Crippen molar-refractivity contribution in [1.29, 1.82) is 0 Å². The molecular formula is C24H38O3. The molecule has 3 heteroatoms. The number of carbonyl (C=O) groups excluding carboxylic acids is 1. The highest BCUT2D eigenvalue weighted by Gasteiger charge is 2.07. The van der Waals surface area contributed by atoms with E-state index >= 15 is 0 Å². The fourth-order valence-corrected chi connectivity index (χ4v) is 3.23. The number of allylic oxidation sites excluding steroid dienone is 2. The number of unbranched alkanes of at least 4 members (excludes halogenated alkanes) is 10. The minimum atomic E-state index is -0.322. The fourth-order valence-electron chi connectivity index (χ4n) is 3.23. The van der Waals surface area contributed by atoms with Crippen LogP contribution in [0.15, 0.2) is 30.4 Å². The molecule has 0 spiro atoms. The lowest BCUT2D eigenvalue weighted by atomic mass is 10.0. The SMILES string of the molecule is CCCCC/C=C\CCCCCCCCCc1cc(O)ccc1OC(C)=O. The molecule has 0 bridgehead atoms. The van der Waals surface area contributed by atoms with Gasteiger partial charge in [0.05, 0.1) is 0 Å². The quantitative estimate of drug-likeness (QED) is 0.154. The van der Waals surface area contributed by atoms with Crippen LogP contribution in [0.25, 0.3) is 0 Å². The van der Waals surface area contributed by atoms with Gasteiger partial charge in [-0.2, -0.15) is 0 Å². The molecule has 1 rings (SSSR count). The third kappa shape index (κ3) is 12.3. The molecule has 0 aliphatic heterocycles. The number of phenols is 1. The van der Waals surface area contributed by atoms with Crippen LogP contribution in [0, 0.1) is 0 Å². The molecule has 0 saturated heterocycles. The lowest BCUT2D eigenvalue weighted by Gasteiger charge is -2.09. The van der Waals surface area contributed by atoms with E-state index < -0.39 is 0 Å². The van der Waals surface area contributed by atoms with Crippen molar-refractivity contribution in [2.24, 2.45) is 0 Å². The van der Waals surface area contributed by atoms with E-state index in [4.69, 9.17) is 4.74 Å². The monoisotopic (exact) mass is 374 g/mol. The number of benzene rings is 1. The van der Waals surface area contributed by atoms with Gasteiger partial charge in [0.2, 0.25) is 0 Å². The number of rotatable bonds is 15. The Hall–Kier alpha value is -1.77. The Labute approximate surface area is 165 Å². The summed E-state index contributed by atoms with van der Waals surface area (Å²) in [6.45, 7) is 3.65. The Morgan fingerprint density at radius 3 is 2.15 bits per heavy atom. The molecule has 1 N–H and O–H groups in total. The molecule has 0 aromatic heterocycles. The van der Waals surface area contributed by atoms with Gasteiger partial charge >= 0.3 is 5.97 Å². The first-order chi connectivity index (χ1) is 13.1. The smallest absolute Gasteiger partial charge is 0.308 e. The summed E-state index contributed by atoms with van der Waals surface area (Å²) in [5.41, 5.74) is 0.913. The first-order valence-corrected chi connectivity index (χ1v) is 10.8. The Morgan fingerprint density at radius 1 is 0.926 bits per heavy atom. The predicted octanol–water partition coefficient (Wildman–Crippen LogP) is 7.12. The largest absolute Gasteiger partial charge is 0.508 e. The van der Waals surface area contributed by atoms with Crippen LogP contribution in [0.5, 0.6) is 11.5 Å². The number of aromatic hydroxyl groups is 1. The summed E-state index contributed by atoms with van der Waals surface area (Å²) >= 11 is 0. The summed E-state index contributed by atoms with van der Waals surface area (Å²) in [5.74, 6) is 0.473. The molecule has 0 aliphatic carbocycles. The molecule has 0 heterocycles. The molecule has 1 aromatic carbocycles.